The number of nitrogens with one attached hydrogen (secondary N) is 4. The van der Waals surface area contributed by atoms with E-state index in [0.29, 0.717) is 0 Å². The molecule has 0 saturated carbocycles. The Bertz CT molecular complexity index is 1020. The Morgan fingerprint density at radius 3 is 2.26 bits per heavy atom. The fourth-order valence-electron chi connectivity index (χ4n) is 3.47. The second-order valence-electron chi connectivity index (χ2n) is 8.67. The van der Waals surface area contributed by atoms with Crippen LogP contribution in [0.4, 0.5) is 0 Å². The Morgan fingerprint density at radius 2 is 1.65 bits per heavy atom. The molecule has 11 heteroatoms. The standard InChI is InChI=1S/C23H33N5O5S/c1-12(2)8-18(23(32)33)27-20(29)13(3)26-22(31)19(11-34)28-21(30)16(24)9-14-10-25-17-7-5-4-6-15(14)17/h4-7,10,12-13,16,18-19,25,34H,8-9,11,24H2,1-3H3,(H,26,31)(H,27,29)(H,28,30)(H,32,33). The van der Waals surface area contributed by atoms with E-state index >= 15 is 0 Å². The lowest BCUT2D eigenvalue weighted by atomic mass is 10.0. The van der Waals surface area contributed by atoms with Crippen molar-refractivity contribution in [2.45, 2.75) is 57.8 Å². The molecule has 0 aliphatic heterocycles. The van der Waals surface area contributed by atoms with Crippen LogP contribution < -0.4 is 21.7 Å². The largest absolute Gasteiger partial charge is 0.480 e. The van der Waals surface area contributed by atoms with Crippen LogP contribution in [0, 0.1) is 5.92 Å². The van der Waals surface area contributed by atoms with Crippen molar-refractivity contribution < 1.29 is 24.3 Å². The van der Waals surface area contributed by atoms with Gasteiger partial charge < -0.3 is 31.8 Å². The summed E-state index contributed by atoms with van der Waals surface area (Å²) in [7, 11) is 0. The zero-order chi connectivity index (χ0) is 25.4. The summed E-state index contributed by atoms with van der Waals surface area (Å²) in [6, 6.07) is 3.65. The number of carbonyl (C=O) groups is 4. The van der Waals surface area contributed by atoms with E-state index < -0.39 is 47.9 Å². The van der Waals surface area contributed by atoms with Gasteiger partial charge in [0, 0.05) is 22.9 Å². The predicted molar refractivity (Wildman–Crippen MR) is 132 cm³/mol. The van der Waals surface area contributed by atoms with Gasteiger partial charge in [-0.25, -0.2) is 4.79 Å². The second-order valence-corrected chi connectivity index (χ2v) is 9.04. The van der Waals surface area contributed by atoms with Crippen molar-refractivity contribution in [2.75, 3.05) is 5.75 Å². The summed E-state index contributed by atoms with van der Waals surface area (Å²) in [5, 5.41) is 17.7. The number of para-hydroxylation sites is 1. The summed E-state index contributed by atoms with van der Waals surface area (Å²) in [4.78, 5) is 52.1. The minimum atomic E-state index is -1.15. The van der Waals surface area contributed by atoms with Crippen LogP contribution in [0.3, 0.4) is 0 Å². The molecule has 7 N–H and O–H groups in total. The van der Waals surface area contributed by atoms with E-state index in [4.69, 9.17) is 5.73 Å². The average Bonchev–Trinajstić information content (AvgIpc) is 3.18. The zero-order valence-electron chi connectivity index (χ0n) is 19.5. The lowest BCUT2D eigenvalue weighted by Crippen LogP contribution is -2.57. The summed E-state index contributed by atoms with van der Waals surface area (Å²) in [6.45, 7) is 5.12. The fraction of sp³-hybridized carbons (Fsp3) is 0.478. The number of rotatable bonds is 12. The molecule has 4 unspecified atom stereocenters. The number of fused-ring (bicyclic) bond motifs is 1. The van der Waals surface area contributed by atoms with Crippen LogP contribution in [0.15, 0.2) is 30.5 Å². The predicted octanol–water partition coefficient (Wildman–Crippen LogP) is 0.573. The molecule has 0 radical (unpaired) electrons. The Hall–Kier alpha value is -3.05. The van der Waals surface area contributed by atoms with Gasteiger partial charge in [0.05, 0.1) is 6.04 Å². The van der Waals surface area contributed by atoms with Gasteiger partial charge in [-0.2, -0.15) is 12.6 Å². The third-order valence-electron chi connectivity index (χ3n) is 5.34. The molecule has 2 aromatic rings. The molecule has 0 aliphatic rings. The topological polar surface area (TPSA) is 166 Å². The maximum atomic E-state index is 12.6. The van der Waals surface area contributed by atoms with Gasteiger partial charge in [-0.15, -0.1) is 0 Å². The summed E-state index contributed by atoms with van der Waals surface area (Å²) in [5.41, 5.74) is 7.89. The van der Waals surface area contributed by atoms with Gasteiger partial charge >= 0.3 is 5.97 Å². The van der Waals surface area contributed by atoms with Crippen molar-refractivity contribution in [1.29, 1.82) is 0 Å². The van der Waals surface area contributed by atoms with Crippen LogP contribution in [0.2, 0.25) is 0 Å². The Balaban J connectivity index is 1.93. The van der Waals surface area contributed by atoms with E-state index in [-0.39, 0.29) is 24.5 Å². The zero-order valence-corrected chi connectivity index (χ0v) is 20.4. The highest BCUT2D eigenvalue weighted by Crippen LogP contribution is 2.18. The van der Waals surface area contributed by atoms with Crippen LogP contribution in [0.1, 0.15) is 32.8 Å². The molecule has 1 aromatic carbocycles. The van der Waals surface area contributed by atoms with Crippen molar-refractivity contribution in [1.82, 2.24) is 20.9 Å². The molecular weight excluding hydrogens is 458 g/mol. The number of carboxylic acids is 1. The third-order valence-corrected chi connectivity index (χ3v) is 5.71. The smallest absolute Gasteiger partial charge is 0.326 e. The van der Waals surface area contributed by atoms with Crippen molar-refractivity contribution >= 4 is 47.2 Å². The molecule has 10 nitrogen and oxygen atoms in total. The highest BCUT2D eigenvalue weighted by Gasteiger charge is 2.28. The number of aromatic nitrogens is 1. The molecule has 1 aromatic heterocycles. The van der Waals surface area contributed by atoms with Gasteiger partial charge in [-0.3, -0.25) is 14.4 Å². The average molecular weight is 492 g/mol. The third kappa shape index (κ3) is 7.49. The maximum Gasteiger partial charge on any atom is 0.326 e. The first-order valence-electron chi connectivity index (χ1n) is 11.1. The highest BCUT2D eigenvalue weighted by atomic mass is 32.1. The molecule has 34 heavy (non-hydrogen) atoms. The fourth-order valence-corrected chi connectivity index (χ4v) is 3.73. The summed E-state index contributed by atoms with van der Waals surface area (Å²) in [6.07, 6.45) is 2.32. The minimum Gasteiger partial charge on any atom is -0.480 e. The van der Waals surface area contributed by atoms with E-state index in [2.05, 4.69) is 33.6 Å². The number of H-pyrrole nitrogens is 1. The van der Waals surface area contributed by atoms with E-state index in [9.17, 15) is 24.3 Å². The van der Waals surface area contributed by atoms with Gasteiger partial charge in [-0.05, 0) is 37.3 Å². The van der Waals surface area contributed by atoms with Gasteiger partial charge in [0.25, 0.3) is 0 Å². The van der Waals surface area contributed by atoms with E-state index in [1.165, 1.54) is 6.92 Å². The highest BCUT2D eigenvalue weighted by molar-refractivity contribution is 7.80. The molecule has 4 atom stereocenters. The molecule has 0 saturated heterocycles. The maximum absolute atomic E-state index is 12.6. The number of hydrogen-bond acceptors (Lipinski definition) is 6. The van der Waals surface area contributed by atoms with Gasteiger partial charge in [0.2, 0.25) is 17.7 Å². The SMILES string of the molecule is CC(C)CC(NC(=O)C(C)NC(=O)C(CS)NC(=O)C(N)Cc1c[nH]c2ccccc12)C(=O)O. The first-order valence-corrected chi connectivity index (χ1v) is 11.7. The van der Waals surface area contributed by atoms with Crippen LogP contribution in [0.25, 0.3) is 10.9 Å². The molecule has 0 bridgehead atoms. The number of amides is 3. The number of aromatic amines is 1. The number of hydrogen-bond donors (Lipinski definition) is 7. The lowest BCUT2D eigenvalue weighted by Gasteiger charge is -2.23. The molecule has 3 amide bonds. The summed E-state index contributed by atoms with van der Waals surface area (Å²) >= 11 is 4.13. The first kappa shape index (κ1) is 27.2. The van der Waals surface area contributed by atoms with Gasteiger partial charge in [-0.1, -0.05) is 32.0 Å². The number of thiol groups is 1. The molecule has 1 heterocycles. The lowest BCUT2D eigenvalue weighted by molar-refractivity contribution is -0.142. The number of aliphatic carboxylic acids is 1. The van der Waals surface area contributed by atoms with Gasteiger partial charge in [0.15, 0.2) is 0 Å². The van der Waals surface area contributed by atoms with E-state index in [1.54, 1.807) is 6.20 Å². The van der Waals surface area contributed by atoms with Crippen LogP contribution >= 0.6 is 12.6 Å². The summed E-state index contributed by atoms with van der Waals surface area (Å²) < 4.78 is 0. The van der Waals surface area contributed by atoms with Gasteiger partial charge in [0.1, 0.15) is 18.1 Å². The van der Waals surface area contributed by atoms with E-state index in [0.717, 1.165) is 16.5 Å². The van der Waals surface area contributed by atoms with Crippen LogP contribution in [0.5, 0.6) is 0 Å². The van der Waals surface area contributed by atoms with Crippen molar-refractivity contribution in [3.63, 3.8) is 0 Å². The monoisotopic (exact) mass is 491 g/mol. The van der Waals surface area contributed by atoms with Crippen LogP contribution in [-0.4, -0.2) is 63.7 Å². The second kappa shape index (κ2) is 12.4. The molecule has 0 aliphatic carbocycles. The van der Waals surface area contributed by atoms with E-state index in [1.807, 2.05) is 38.1 Å². The van der Waals surface area contributed by atoms with Crippen LogP contribution in [-0.2, 0) is 25.6 Å². The molecular formula is C23H33N5O5S. The Morgan fingerprint density at radius 1 is 1.00 bits per heavy atom. The summed E-state index contributed by atoms with van der Waals surface area (Å²) in [5.74, 6) is -2.90. The quantitative estimate of drug-likeness (QED) is 0.214. The Labute approximate surface area is 203 Å². The molecule has 0 fully saturated rings. The Kier molecular flexibility index (Phi) is 9.94. The number of carbonyl (C=O) groups excluding carboxylic acids is 3. The molecule has 186 valence electrons. The normalized spacial score (nSPS) is 14.8. The first-order chi connectivity index (χ1) is 16.0. The molecule has 0 spiro atoms. The number of nitrogens with two attached hydrogens (primary N) is 1. The van der Waals surface area contributed by atoms with Crippen molar-refractivity contribution in [3.05, 3.63) is 36.0 Å². The van der Waals surface area contributed by atoms with Crippen molar-refractivity contribution in [2.24, 2.45) is 11.7 Å². The van der Waals surface area contributed by atoms with Crippen molar-refractivity contribution in [3.8, 4) is 0 Å². The minimum absolute atomic E-state index is 0.0170. The number of benzene rings is 1. The number of carboxylic acid groups (broad SMARTS) is 1. The molecule has 2 rings (SSSR count).